The Morgan fingerprint density at radius 1 is 0.767 bits per heavy atom. The molecule has 0 aliphatic rings. The number of hydrogen-bond acceptors (Lipinski definition) is 5. The first kappa shape index (κ1) is 22.8. The lowest BCUT2D eigenvalue weighted by Crippen LogP contribution is -2.47. The number of benzene rings is 2. The van der Waals surface area contributed by atoms with E-state index in [0.29, 0.717) is 0 Å². The lowest BCUT2D eigenvalue weighted by molar-refractivity contribution is -0.153. The smallest absolute Gasteiger partial charge is 0.329 e. The molecule has 0 aliphatic heterocycles. The number of carbonyl (C=O) groups is 4. The molecule has 0 saturated carbocycles. The molecule has 0 saturated heterocycles. The predicted molar refractivity (Wildman–Crippen MR) is 111 cm³/mol. The first-order valence-electron chi connectivity index (χ1n) is 9.71. The molecule has 0 radical (unpaired) electrons. The Balaban J connectivity index is 1.80. The van der Waals surface area contributed by atoms with Gasteiger partial charge >= 0.3 is 5.97 Å². The van der Waals surface area contributed by atoms with Gasteiger partial charge in [0.15, 0.2) is 6.61 Å². The summed E-state index contributed by atoms with van der Waals surface area (Å²) in [5.74, 6) is -2.49. The zero-order valence-corrected chi connectivity index (χ0v) is 17.1. The van der Waals surface area contributed by atoms with Crippen molar-refractivity contribution in [3.63, 3.8) is 0 Å². The number of carbonyl (C=O) groups excluding carboxylic acids is 4. The fraction of sp³-hybridized carbons (Fsp3) is 0.304. The Morgan fingerprint density at radius 3 is 1.77 bits per heavy atom. The largest absolute Gasteiger partial charge is 0.454 e. The average molecular weight is 410 g/mol. The van der Waals surface area contributed by atoms with Gasteiger partial charge in [0.1, 0.15) is 6.04 Å². The third kappa shape index (κ3) is 7.87. The van der Waals surface area contributed by atoms with E-state index in [1.807, 2.05) is 36.4 Å². The normalized spacial score (nSPS) is 11.4. The Labute approximate surface area is 175 Å². The lowest BCUT2D eigenvalue weighted by atomic mass is 10.0. The van der Waals surface area contributed by atoms with Crippen LogP contribution in [0, 0.1) is 5.92 Å². The second-order valence-corrected chi connectivity index (χ2v) is 7.19. The third-order valence-corrected chi connectivity index (χ3v) is 4.28. The number of nitrogens with one attached hydrogen (secondary N) is 2. The summed E-state index contributed by atoms with van der Waals surface area (Å²) in [6, 6.07) is 17.2. The van der Waals surface area contributed by atoms with Gasteiger partial charge in [0.2, 0.25) is 11.8 Å². The van der Waals surface area contributed by atoms with Crippen LogP contribution in [0.25, 0.3) is 0 Å². The van der Waals surface area contributed by atoms with Crippen molar-refractivity contribution in [3.8, 4) is 0 Å². The first-order chi connectivity index (χ1) is 14.3. The zero-order chi connectivity index (χ0) is 21.9. The molecule has 2 aromatic carbocycles. The molecule has 0 heterocycles. The number of ether oxygens (including phenoxy) is 1. The predicted octanol–water partition coefficient (Wildman–Crippen LogP) is 1.80. The lowest BCUT2D eigenvalue weighted by Gasteiger charge is -2.20. The molecule has 2 N–H and O–H groups in total. The van der Waals surface area contributed by atoms with Crippen molar-refractivity contribution in [3.05, 3.63) is 71.8 Å². The van der Waals surface area contributed by atoms with E-state index in [4.69, 9.17) is 4.74 Å². The summed E-state index contributed by atoms with van der Waals surface area (Å²) >= 11 is 0. The summed E-state index contributed by atoms with van der Waals surface area (Å²) in [5, 5.41) is 4.83. The number of amides is 3. The van der Waals surface area contributed by atoms with Gasteiger partial charge in [0.05, 0.1) is 12.8 Å². The molecule has 30 heavy (non-hydrogen) atoms. The highest BCUT2D eigenvalue weighted by molar-refractivity contribution is 5.97. The van der Waals surface area contributed by atoms with Crippen molar-refractivity contribution >= 4 is 23.7 Å². The molecule has 0 fully saturated rings. The van der Waals surface area contributed by atoms with E-state index in [9.17, 15) is 19.2 Å². The van der Waals surface area contributed by atoms with E-state index in [2.05, 4.69) is 10.6 Å². The van der Waals surface area contributed by atoms with Crippen LogP contribution in [0.15, 0.2) is 60.7 Å². The molecule has 1 unspecified atom stereocenters. The maximum atomic E-state index is 12.4. The van der Waals surface area contributed by atoms with Gasteiger partial charge < -0.3 is 10.1 Å². The monoisotopic (exact) mass is 410 g/mol. The molecular formula is C23H26N2O5. The highest BCUT2D eigenvalue weighted by Gasteiger charge is 2.26. The van der Waals surface area contributed by atoms with Gasteiger partial charge in [-0.1, -0.05) is 74.5 Å². The van der Waals surface area contributed by atoms with Crippen LogP contribution in [0.3, 0.4) is 0 Å². The SMILES string of the molecule is CC(C)C(NC(=O)Cc1ccccc1)C(=O)OCC(=O)NC(=O)Cc1ccccc1. The van der Waals surface area contributed by atoms with Crippen LogP contribution in [0.1, 0.15) is 25.0 Å². The van der Waals surface area contributed by atoms with Crippen molar-refractivity contribution in [2.24, 2.45) is 5.92 Å². The van der Waals surface area contributed by atoms with Crippen LogP contribution in [-0.2, 0) is 36.8 Å². The van der Waals surface area contributed by atoms with E-state index < -0.39 is 30.4 Å². The fourth-order valence-electron chi connectivity index (χ4n) is 2.75. The van der Waals surface area contributed by atoms with Crippen molar-refractivity contribution in [2.75, 3.05) is 6.61 Å². The van der Waals surface area contributed by atoms with Gasteiger partial charge in [0, 0.05) is 0 Å². The maximum absolute atomic E-state index is 12.4. The van der Waals surface area contributed by atoms with Crippen LogP contribution >= 0.6 is 0 Å². The van der Waals surface area contributed by atoms with E-state index >= 15 is 0 Å². The molecule has 2 rings (SSSR count). The molecule has 158 valence electrons. The summed E-state index contributed by atoms with van der Waals surface area (Å²) in [6.07, 6.45) is 0.177. The molecule has 0 aromatic heterocycles. The molecule has 7 heteroatoms. The van der Waals surface area contributed by atoms with Crippen molar-refractivity contribution in [2.45, 2.75) is 32.7 Å². The van der Waals surface area contributed by atoms with Crippen LogP contribution in [-0.4, -0.2) is 36.3 Å². The van der Waals surface area contributed by atoms with E-state index in [-0.39, 0.29) is 24.7 Å². The van der Waals surface area contributed by atoms with Gasteiger partial charge in [0.25, 0.3) is 5.91 Å². The summed E-state index contributed by atoms with van der Waals surface area (Å²) in [4.78, 5) is 48.4. The van der Waals surface area contributed by atoms with Crippen molar-refractivity contribution < 1.29 is 23.9 Å². The Kier molecular flexibility index (Phi) is 8.75. The summed E-state index contributed by atoms with van der Waals surface area (Å²) < 4.78 is 5.01. The van der Waals surface area contributed by atoms with Crippen molar-refractivity contribution in [1.82, 2.24) is 10.6 Å². The van der Waals surface area contributed by atoms with Crippen LogP contribution in [0.4, 0.5) is 0 Å². The number of hydrogen-bond donors (Lipinski definition) is 2. The Morgan fingerprint density at radius 2 is 1.27 bits per heavy atom. The highest BCUT2D eigenvalue weighted by atomic mass is 16.5. The van der Waals surface area contributed by atoms with Gasteiger partial charge in [-0.3, -0.25) is 19.7 Å². The van der Waals surface area contributed by atoms with Crippen LogP contribution < -0.4 is 10.6 Å². The third-order valence-electron chi connectivity index (χ3n) is 4.28. The summed E-state index contributed by atoms with van der Waals surface area (Å²) in [7, 11) is 0. The second kappa shape index (κ2) is 11.5. The maximum Gasteiger partial charge on any atom is 0.329 e. The highest BCUT2D eigenvalue weighted by Crippen LogP contribution is 2.06. The molecule has 7 nitrogen and oxygen atoms in total. The topological polar surface area (TPSA) is 102 Å². The number of esters is 1. The Hall–Kier alpha value is -3.48. The average Bonchev–Trinajstić information content (AvgIpc) is 2.71. The van der Waals surface area contributed by atoms with Crippen LogP contribution in [0.5, 0.6) is 0 Å². The van der Waals surface area contributed by atoms with Gasteiger partial charge in [-0.2, -0.15) is 0 Å². The first-order valence-corrected chi connectivity index (χ1v) is 9.71. The molecule has 0 aliphatic carbocycles. The van der Waals surface area contributed by atoms with Crippen molar-refractivity contribution in [1.29, 1.82) is 0 Å². The molecule has 2 aromatic rings. The van der Waals surface area contributed by atoms with E-state index in [1.54, 1.807) is 38.1 Å². The van der Waals surface area contributed by atoms with Gasteiger partial charge in [-0.05, 0) is 17.0 Å². The molecule has 0 bridgehead atoms. The summed E-state index contributed by atoms with van der Waals surface area (Å²) in [6.45, 7) is 2.92. The second-order valence-electron chi connectivity index (χ2n) is 7.19. The minimum atomic E-state index is -0.894. The zero-order valence-electron chi connectivity index (χ0n) is 17.1. The number of rotatable bonds is 9. The standard InChI is InChI=1S/C23H26N2O5/c1-16(2)22(25-20(27)14-18-11-7-4-8-12-18)23(29)30-15-21(28)24-19(26)13-17-9-5-3-6-10-17/h3-12,16,22H,13-15H2,1-2H3,(H,25,27)(H,24,26,28). The molecule has 3 amide bonds. The van der Waals surface area contributed by atoms with Gasteiger partial charge in [-0.25, -0.2) is 4.79 Å². The summed E-state index contributed by atoms with van der Waals surface area (Å²) in [5.41, 5.74) is 1.59. The molecular weight excluding hydrogens is 384 g/mol. The molecule has 0 spiro atoms. The van der Waals surface area contributed by atoms with Crippen LogP contribution in [0.2, 0.25) is 0 Å². The number of imide groups is 1. The minimum absolute atomic E-state index is 0.0463. The van der Waals surface area contributed by atoms with E-state index in [0.717, 1.165) is 11.1 Å². The van der Waals surface area contributed by atoms with Gasteiger partial charge in [-0.15, -0.1) is 0 Å². The molecule has 1 atom stereocenters. The van der Waals surface area contributed by atoms with E-state index in [1.165, 1.54) is 0 Å². The fourth-order valence-corrected chi connectivity index (χ4v) is 2.75. The minimum Gasteiger partial charge on any atom is -0.454 e. The Bertz CT molecular complexity index is 866. The quantitative estimate of drug-likeness (QED) is 0.614.